The van der Waals surface area contributed by atoms with Crippen LogP contribution >= 0.6 is 20.5 Å². The van der Waals surface area contributed by atoms with Crippen molar-refractivity contribution >= 4 is 49.1 Å². The molecule has 1 fully saturated rings. The summed E-state index contributed by atoms with van der Waals surface area (Å²) in [6.07, 6.45) is 0.596. The number of carbonyl (C=O) groups is 3. The Hall–Kier alpha value is -2.61. The third kappa shape index (κ3) is 8.44. The van der Waals surface area contributed by atoms with Crippen LogP contribution in [0.3, 0.4) is 0 Å². The quantitative estimate of drug-likeness (QED) is 0.0960. The molecule has 15 heteroatoms. The average molecular weight is 587 g/mol. The maximum atomic E-state index is 13.4. The summed E-state index contributed by atoms with van der Waals surface area (Å²) in [7, 11) is -3.45. The number of methoxy groups -OCH3 is 1. The maximum Gasteiger partial charge on any atom is 0.469 e. The van der Waals surface area contributed by atoms with Gasteiger partial charge in [0.05, 0.1) is 19.8 Å². The molecular weight excluding hydrogens is 551 g/mol. The van der Waals surface area contributed by atoms with E-state index in [1.54, 1.807) is 24.3 Å². The van der Waals surface area contributed by atoms with Crippen LogP contribution in [0.1, 0.15) is 43.6 Å². The Bertz CT molecular complexity index is 1250. The summed E-state index contributed by atoms with van der Waals surface area (Å²) in [5.74, 6) is -1.52. The van der Waals surface area contributed by atoms with Gasteiger partial charge >= 0.3 is 7.82 Å². The summed E-state index contributed by atoms with van der Waals surface area (Å²) in [5, 5.41) is 19.6. The minimum absolute atomic E-state index is 0.0178. The molecule has 1 aliphatic heterocycles. The first kappa shape index (κ1) is 30.9. The SMILES string of the molecule is COc1cccc2[nH]c(C(=O)N[C@@H](CC(C)C)C(=O)N[C@@H](C[C@@H]3CCNC3=O)[C@@](O)(S)COP(=O)(O)O)cc12. The highest BCUT2D eigenvalue weighted by Gasteiger charge is 2.41. The second-order valence-electron chi connectivity index (χ2n) is 9.98. The van der Waals surface area contributed by atoms with E-state index in [1.807, 2.05) is 13.8 Å². The van der Waals surface area contributed by atoms with E-state index in [0.717, 1.165) is 0 Å². The number of nitrogens with one attached hydrogen (secondary N) is 4. The Morgan fingerprint density at radius 3 is 2.59 bits per heavy atom. The van der Waals surface area contributed by atoms with Crippen LogP contribution in [0.25, 0.3) is 10.9 Å². The Morgan fingerprint density at radius 2 is 2.00 bits per heavy atom. The standard InChI is InChI=1S/C24H35N4O9PS/c1-13(2)9-17(27-22(30)18-11-15-16(26-18)5-4-6-19(15)36-3)23(31)28-20(10-14-7-8-25-21(14)29)24(32,39)12-37-38(33,34)35/h4-6,11,13-14,17,20,26,32,39H,7-10,12H2,1-3H3,(H,25,29)(H,27,30)(H,28,31)(H2,33,34,35)/t14-,17-,20-,24-/m0/s1. The van der Waals surface area contributed by atoms with Crippen molar-refractivity contribution in [1.82, 2.24) is 20.9 Å². The van der Waals surface area contributed by atoms with Gasteiger partial charge in [-0.3, -0.25) is 18.9 Å². The molecule has 2 heterocycles. The number of carbonyl (C=O) groups excluding carboxylic acids is 3. The largest absolute Gasteiger partial charge is 0.496 e. The molecule has 13 nitrogen and oxygen atoms in total. The lowest BCUT2D eigenvalue weighted by molar-refractivity contribution is -0.127. The smallest absolute Gasteiger partial charge is 0.469 e. The van der Waals surface area contributed by atoms with Crippen molar-refractivity contribution in [3.8, 4) is 5.75 Å². The second-order valence-corrected chi connectivity index (χ2v) is 12.0. The Kier molecular flexibility index (Phi) is 10.1. The van der Waals surface area contributed by atoms with Gasteiger partial charge in [0.15, 0.2) is 4.93 Å². The van der Waals surface area contributed by atoms with Crippen molar-refractivity contribution < 1.29 is 43.1 Å². The summed E-state index contributed by atoms with van der Waals surface area (Å²) in [6, 6.07) is 4.63. The monoisotopic (exact) mass is 586 g/mol. The van der Waals surface area contributed by atoms with Gasteiger partial charge in [0.25, 0.3) is 5.91 Å². The molecule has 0 aliphatic carbocycles. The first-order valence-corrected chi connectivity index (χ1v) is 14.4. The molecule has 2 aromatic rings. The summed E-state index contributed by atoms with van der Waals surface area (Å²) < 4.78 is 21.0. The fourth-order valence-electron chi connectivity index (χ4n) is 4.44. The highest BCUT2D eigenvalue weighted by Crippen LogP contribution is 2.38. The van der Waals surface area contributed by atoms with Gasteiger partial charge in [0, 0.05) is 23.4 Å². The zero-order valence-electron chi connectivity index (χ0n) is 21.8. The third-order valence-corrected chi connectivity index (χ3v) is 7.33. The minimum Gasteiger partial charge on any atom is -0.496 e. The number of aliphatic hydroxyl groups is 1. The number of aromatic nitrogens is 1. The number of ether oxygens (including phenoxy) is 1. The van der Waals surface area contributed by atoms with Crippen molar-refractivity contribution in [2.75, 3.05) is 20.3 Å². The number of phosphoric acid groups is 1. The van der Waals surface area contributed by atoms with Crippen molar-refractivity contribution in [1.29, 1.82) is 0 Å². The molecule has 4 atom stereocenters. The highest BCUT2D eigenvalue weighted by molar-refractivity contribution is 7.81. The van der Waals surface area contributed by atoms with Gasteiger partial charge in [0.1, 0.15) is 17.5 Å². The number of amides is 3. The first-order chi connectivity index (χ1) is 18.2. The predicted octanol–water partition coefficient (Wildman–Crippen LogP) is 1.06. The van der Waals surface area contributed by atoms with Crippen molar-refractivity contribution in [3.05, 3.63) is 30.0 Å². The first-order valence-electron chi connectivity index (χ1n) is 12.4. The molecule has 3 amide bonds. The molecule has 7 N–H and O–H groups in total. The van der Waals surface area contributed by atoms with Crippen LogP contribution in [-0.2, 0) is 18.7 Å². The molecule has 39 heavy (non-hydrogen) atoms. The minimum atomic E-state index is -4.96. The molecule has 1 aliphatic rings. The normalized spacial score (nSPS) is 18.9. The van der Waals surface area contributed by atoms with Crippen LogP contribution in [0, 0.1) is 11.8 Å². The Balaban J connectivity index is 1.81. The van der Waals surface area contributed by atoms with E-state index in [2.05, 4.69) is 38.1 Å². The van der Waals surface area contributed by atoms with Gasteiger partial charge in [-0.15, -0.1) is 12.6 Å². The van der Waals surface area contributed by atoms with Crippen molar-refractivity contribution in [3.63, 3.8) is 0 Å². The second kappa shape index (κ2) is 12.7. The number of aromatic amines is 1. The summed E-state index contributed by atoms with van der Waals surface area (Å²) in [4.78, 5) is 57.7. The molecule has 1 aromatic carbocycles. The van der Waals surface area contributed by atoms with E-state index < -0.39 is 49.2 Å². The predicted molar refractivity (Wildman–Crippen MR) is 145 cm³/mol. The molecule has 1 saturated heterocycles. The third-order valence-electron chi connectivity index (χ3n) is 6.42. The molecular formula is C24H35N4O9PS. The number of fused-ring (bicyclic) bond motifs is 1. The van der Waals surface area contributed by atoms with E-state index >= 15 is 0 Å². The molecule has 0 bridgehead atoms. The Morgan fingerprint density at radius 1 is 1.28 bits per heavy atom. The van der Waals surface area contributed by atoms with Crippen LogP contribution in [-0.4, -0.2) is 74.9 Å². The molecule has 0 saturated carbocycles. The van der Waals surface area contributed by atoms with Gasteiger partial charge in [0.2, 0.25) is 11.8 Å². The van der Waals surface area contributed by atoms with Gasteiger partial charge in [-0.25, -0.2) is 4.57 Å². The number of hydrogen-bond donors (Lipinski definition) is 8. The van der Waals surface area contributed by atoms with Crippen LogP contribution in [0.15, 0.2) is 24.3 Å². The average Bonchev–Trinajstić information content (AvgIpc) is 3.47. The number of thiol groups is 1. The van der Waals surface area contributed by atoms with E-state index in [1.165, 1.54) is 7.11 Å². The van der Waals surface area contributed by atoms with E-state index in [-0.39, 0.29) is 30.4 Å². The van der Waals surface area contributed by atoms with E-state index in [4.69, 9.17) is 14.5 Å². The molecule has 1 aromatic heterocycles. The summed E-state index contributed by atoms with van der Waals surface area (Å²) in [6.45, 7) is 3.21. The number of phosphoric ester groups is 1. The van der Waals surface area contributed by atoms with Crippen LogP contribution in [0.5, 0.6) is 5.75 Å². The lowest BCUT2D eigenvalue weighted by atomic mass is 9.94. The Labute approximate surface area is 231 Å². The topological polar surface area (TPSA) is 199 Å². The molecule has 0 unspecified atom stereocenters. The van der Waals surface area contributed by atoms with Crippen LogP contribution in [0.4, 0.5) is 0 Å². The fourth-order valence-corrected chi connectivity index (χ4v) is 5.14. The zero-order chi connectivity index (χ0) is 29.0. The lowest BCUT2D eigenvalue weighted by Crippen LogP contribution is -2.57. The van der Waals surface area contributed by atoms with Gasteiger partial charge in [-0.2, -0.15) is 0 Å². The number of H-pyrrole nitrogens is 1. The van der Waals surface area contributed by atoms with Gasteiger partial charge in [-0.1, -0.05) is 19.9 Å². The van der Waals surface area contributed by atoms with Crippen LogP contribution < -0.4 is 20.7 Å². The van der Waals surface area contributed by atoms with Crippen molar-refractivity contribution in [2.45, 2.75) is 50.1 Å². The lowest BCUT2D eigenvalue weighted by Gasteiger charge is -2.34. The van der Waals surface area contributed by atoms with E-state index in [0.29, 0.717) is 29.6 Å². The van der Waals surface area contributed by atoms with Crippen LogP contribution in [0.2, 0.25) is 0 Å². The van der Waals surface area contributed by atoms with Crippen molar-refractivity contribution in [2.24, 2.45) is 11.8 Å². The molecule has 3 rings (SSSR count). The fraction of sp³-hybridized carbons (Fsp3) is 0.542. The summed E-state index contributed by atoms with van der Waals surface area (Å²) >= 11 is 4.12. The number of benzene rings is 1. The summed E-state index contributed by atoms with van der Waals surface area (Å²) in [5.41, 5.74) is 0.875. The number of rotatable bonds is 13. The van der Waals surface area contributed by atoms with E-state index in [9.17, 15) is 24.1 Å². The number of hydrogen-bond acceptors (Lipinski definition) is 8. The highest BCUT2D eigenvalue weighted by atomic mass is 32.1. The molecule has 216 valence electrons. The maximum absolute atomic E-state index is 13.4. The molecule has 0 radical (unpaired) electrons. The molecule has 0 spiro atoms. The van der Waals surface area contributed by atoms with Gasteiger partial charge in [-0.05, 0) is 43.4 Å². The zero-order valence-corrected chi connectivity index (χ0v) is 23.6. The van der Waals surface area contributed by atoms with Gasteiger partial charge < -0.3 is 40.6 Å².